The summed E-state index contributed by atoms with van der Waals surface area (Å²) in [5.41, 5.74) is -0.00438. The highest BCUT2D eigenvalue weighted by molar-refractivity contribution is 5.78. The molecule has 1 heterocycles. The lowest BCUT2D eigenvalue weighted by Gasteiger charge is -2.29. The predicted octanol–water partition coefficient (Wildman–Crippen LogP) is 1.14. The van der Waals surface area contributed by atoms with Crippen LogP contribution in [0.15, 0.2) is 0 Å². The van der Waals surface area contributed by atoms with E-state index in [9.17, 15) is 9.59 Å². The highest BCUT2D eigenvalue weighted by atomic mass is 16.4. The topological polar surface area (TPSA) is 60.9 Å². The Labute approximate surface area is 95.0 Å². The van der Waals surface area contributed by atoms with Gasteiger partial charge in [0.1, 0.15) is 0 Å². The van der Waals surface area contributed by atoms with Crippen molar-refractivity contribution in [3.05, 3.63) is 0 Å². The normalized spacial score (nSPS) is 23.4. The summed E-state index contributed by atoms with van der Waals surface area (Å²) in [5, 5.41) is 8.63. The number of hydrogen-bond acceptors (Lipinski definition) is 2. The molecule has 0 radical (unpaired) electrons. The van der Waals surface area contributed by atoms with Crippen LogP contribution in [0.4, 0.5) is 4.79 Å². The van der Waals surface area contributed by atoms with Gasteiger partial charge in [0.15, 0.2) is 0 Å². The molecule has 1 aliphatic heterocycles. The largest absolute Gasteiger partial charge is 0.481 e. The number of aliphatic carboxylic acids is 1. The number of amides is 2. The molecule has 90 valence electrons. The van der Waals surface area contributed by atoms with E-state index in [4.69, 9.17) is 5.11 Å². The van der Waals surface area contributed by atoms with Crippen molar-refractivity contribution in [3.63, 3.8) is 0 Å². The van der Waals surface area contributed by atoms with Crippen LogP contribution >= 0.6 is 0 Å². The maximum Gasteiger partial charge on any atom is 0.320 e. The van der Waals surface area contributed by atoms with Gasteiger partial charge in [-0.25, -0.2) is 4.79 Å². The zero-order valence-electron chi connectivity index (χ0n) is 9.61. The first-order chi connectivity index (χ1) is 7.55. The van der Waals surface area contributed by atoms with Gasteiger partial charge < -0.3 is 14.9 Å². The van der Waals surface area contributed by atoms with Crippen molar-refractivity contribution < 1.29 is 14.7 Å². The minimum atomic E-state index is -0.845. The fraction of sp³-hybridized carbons (Fsp3) is 0.818. The predicted molar refractivity (Wildman–Crippen MR) is 58.2 cm³/mol. The van der Waals surface area contributed by atoms with E-state index >= 15 is 0 Å². The van der Waals surface area contributed by atoms with Crippen LogP contribution in [0, 0.1) is 0 Å². The van der Waals surface area contributed by atoms with Gasteiger partial charge in [0, 0.05) is 20.1 Å². The number of carbonyl (C=O) groups is 2. The van der Waals surface area contributed by atoms with Gasteiger partial charge >= 0.3 is 12.0 Å². The van der Waals surface area contributed by atoms with Crippen molar-refractivity contribution in [1.29, 1.82) is 0 Å². The molecule has 0 aromatic carbocycles. The highest BCUT2D eigenvalue weighted by Gasteiger charge is 2.48. The summed E-state index contributed by atoms with van der Waals surface area (Å²) < 4.78 is 0. The second kappa shape index (κ2) is 3.96. The third kappa shape index (κ3) is 1.74. The van der Waals surface area contributed by atoms with Crippen LogP contribution in [0.2, 0.25) is 0 Å². The van der Waals surface area contributed by atoms with Gasteiger partial charge in [-0.15, -0.1) is 0 Å². The monoisotopic (exact) mass is 226 g/mol. The second-order valence-electron chi connectivity index (χ2n) is 4.84. The molecular formula is C11H18N2O3. The average Bonchev–Trinajstić information content (AvgIpc) is 2.79. The molecule has 0 aromatic rings. The molecule has 0 bridgehead atoms. The van der Waals surface area contributed by atoms with Gasteiger partial charge in [-0.05, 0) is 12.8 Å². The smallest absolute Gasteiger partial charge is 0.320 e. The fourth-order valence-corrected chi connectivity index (χ4v) is 2.88. The van der Waals surface area contributed by atoms with Crippen molar-refractivity contribution in [2.24, 2.45) is 0 Å². The Balaban J connectivity index is 2.02. The molecule has 5 nitrogen and oxygen atoms in total. The third-order valence-electron chi connectivity index (χ3n) is 3.88. The summed E-state index contributed by atoms with van der Waals surface area (Å²) in [6.45, 7) is 1.04. The Hall–Kier alpha value is -1.26. The lowest BCUT2D eigenvalue weighted by molar-refractivity contribution is -0.137. The van der Waals surface area contributed by atoms with Crippen molar-refractivity contribution >= 4 is 12.0 Å². The van der Waals surface area contributed by atoms with Gasteiger partial charge in [0.2, 0.25) is 0 Å². The molecule has 1 saturated carbocycles. The van der Waals surface area contributed by atoms with E-state index in [1.165, 1.54) is 12.8 Å². The Kier molecular flexibility index (Phi) is 2.78. The van der Waals surface area contributed by atoms with Crippen molar-refractivity contribution in [3.8, 4) is 0 Å². The third-order valence-corrected chi connectivity index (χ3v) is 3.88. The van der Waals surface area contributed by atoms with Gasteiger partial charge in [0.05, 0.1) is 12.0 Å². The summed E-state index contributed by atoms with van der Waals surface area (Å²) in [6, 6.07) is -0.0110. The van der Waals surface area contributed by atoms with Crippen molar-refractivity contribution in [2.45, 2.75) is 37.6 Å². The number of hydrogen-bond donors (Lipinski definition) is 1. The van der Waals surface area contributed by atoms with Gasteiger partial charge in [0.25, 0.3) is 0 Å². The molecule has 0 unspecified atom stereocenters. The van der Waals surface area contributed by atoms with Crippen molar-refractivity contribution in [2.75, 3.05) is 20.1 Å². The summed E-state index contributed by atoms with van der Waals surface area (Å²) >= 11 is 0. The van der Waals surface area contributed by atoms with E-state index in [1.54, 1.807) is 4.90 Å². The molecule has 2 aliphatic rings. The number of likely N-dealkylation sites (N-methyl/N-ethyl adjacent to an activating group) is 1. The molecule has 0 aromatic heterocycles. The molecule has 1 saturated heterocycles. The summed E-state index contributed by atoms with van der Waals surface area (Å²) in [5.74, 6) is -0.845. The molecule has 2 rings (SSSR count). The zero-order valence-corrected chi connectivity index (χ0v) is 9.61. The Morgan fingerprint density at radius 1 is 1.44 bits per heavy atom. The van der Waals surface area contributed by atoms with E-state index < -0.39 is 5.97 Å². The zero-order chi connectivity index (χ0) is 11.8. The van der Waals surface area contributed by atoms with Crippen LogP contribution < -0.4 is 0 Å². The molecule has 5 heteroatoms. The number of carboxylic acids is 1. The number of urea groups is 1. The Morgan fingerprint density at radius 2 is 2.06 bits per heavy atom. The van der Waals surface area contributed by atoms with E-state index in [0.717, 1.165) is 12.8 Å². The summed E-state index contributed by atoms with van der Waals surface area (Å²) in [6.07, 6.45) is 4.49. The van der Waals surface area contributed by atoms with Crippen LogP contribution in [0.5, 0.6) is 0 Å². The van der Waals surface area contributed by atoms with Gasteiger partial charge in [-0.1, -0.05) is 12.8 Å². The highest BCUT2D eigenvalue weighted by Crippen LogP contribution is 2.39. The summed E-state index contributed by atoms with van der Waals surface area (Å²) in [7, 11) is 1.84. The first-order valence-corrected chi connectivity index (χ1v) is 5.80. The lowest BCUT2D eigenvalue weighted by Crippen LogP contribution is -2.41. The van der Waals surface area contributed by atoms with Crippen LogP contribution in [0.1, 0.15) is 32.1 Å². The van der Waals surface area contributed by atoms with Crippen LogP contribution in [0.3, 0.4) is 0 Å². The molecular weight excluding hydrogens is 208 g/mol. The maximum absolute atomic E-state index is 11.9. The minimum Gasteiger partial charge on any atom is -0.481 e. The van der Waals surface area contributed by atoms with E-state index in [1.807, 2.05) is 11.9 Å². The second-order valence-corrected chi connectivity index (χ2v) is 4.84. The van der Waals surface area contributed by atoms with E-state index in [2.05, 4.69) is 0 Å². The molecule has 1 spiro atoms. The summed E-state index contributed by atoms with van der Waals surface area (Å²) in [4.78, 5) is 25.9. The molecule has 1 N–H and O–H groups in total. The molecule has 2 fully saturated rings. The van der Waals surface area contributed by atoms with Crippen LogP contribution in [-0.4, -0.2) is 52.6 Å². The first kappa shape index (κ1) is 11.2. The number of nitrogens with zero attached hydrogens (tertiary/aromatic N) is 2. The molecule has 0 atom stereocenters. The quantitative estimate of drug-likeness (QED) is 0.785. The molecule has 1 aliphatic carbocycles. The van der Waals surface area contributed by atoms with E-state index in [-0.39, 0.29) is 18.0 Å². The number of carboxylic acid groups (broad SMARTS) is 1. The maximum atomic E-state index is 11.9. The molecule has 16 heavy (non-hydrogen) atoms. The average molecular weight is 226 g/mol. The molecule has 2 amide bonds. The number of carbonyl (C=O) groups excluding carboxylic acids is 1. The van der Waals surface area contributed by atoms with Crippen LogP contribution in [-0.2, 0) is 4.79 Å². The SMILES string of the molecule is CN1C(=O)N(CCC(=O)O)CC12CCCC2. The Morgan fingerprint density at radius 3 is 2.62 bits per heavy atom. The van der Waals surface area contributed by atoms with Crippen LogP contribution in [0.25, 0.3) is 0 Å². The number of rotatable bonds is 3. The lowest BCUT2D eigenvalue weighted by atomic mass is 9.97. The fourth-order valence-electron chi connectivity index (χ4n) is 2.88. The van der Waals surface area contributed by atoms with Gasteiger partial charge in [-0.2, -0.15) is 0 Å². The van der Waals surface area contributed by atoms with Crippen molar-refractivity contribution in [1.82, 2.24) is 9.80 Å². The minimum absolute atomic E-state index is 0.00438. The Bertz CT molecular complexity index is 310. The first-order valence-electron chi connectivity index (χ1n) is 5.80. The van der Waals surface area contributed by atoms with Gasteiger partial charge in [-0.3, -0.25) is 4.79 Å². The standard InChI is InChI=1S/C11H18N2O3/c1-12-10(16)13(7-4-9(14)15)8-11(12)5-2-3-6-11/h2-8H2,1H3,(H,14,15). The van der Waals surface area contributed by atoms with E-state index in [0.29, 0.717) is 13.1 Å².